The third kappa shape index (κ3) is 3.99. The summed E-state index contributed by atoms with van der Waals surface area (Å²) in [5.41, 5.74) is 1.54. The summed E-state index contributed by atoms with van der Waals surface area (Å²) in [5, 5.41) is 9.36. The number of thiophene rings is 1. The molecule has 1 aliphatic rings. The molecule has 3 heterocycles. The molecule has 0 radical (unpaired) electrons. The summed E-state index contributed by atoms with van der Waals surface area (Å²) in [7, 11) is 1.88. The first-order valence-electron chi connectivity index (χ1n) is 8.65. The molecule has 4 rings (SSSR count). The average Bonchev–Trinajstić information content (AvgIpc) is 3.41. The number of anilines is 1. The van der Waals surface area contributed by atoms with Crippen molar-refractivity contribution in [3.8, 4) is 21.9 Å². The van der Waals surface area contributed by atoms with Crippen LogP contribution in [0.2, 0.25) is 0 Å². The topological polar surface area (TPSA) is 94.5 Å². The Bertz CT molecular complexity index is 1030. The van der Waals surface area contributed by atoms with Gasteiger partial charge in [-0.1, -0.05) is 0 Å². The van der Waals surface area contributed by atoms with Crippen molar-refractivity contribution in [2.24, 2.45) is 7.05 Å². The molecule has 28 heavy (non-hydrogen) atoms. The first-order chi connectivity index (χ1) is 13.6. The van der Waals surface area contributed by atoms with Crippen molar-refractivity contribution in [1.29, 1.82) is 0 Å². The molecule has 0 spiro atoms. The Morgan fingerprint density at radius 3 is 2.86 bits per heavy atom. The van der Waals surface area contributed by atoms with E-state index in [0.29, 0.717) is 30.2 Å². The second kappa shape index (κ2) is 7.73. The van der Waals surface area contributed by atoms with E-state index in [1.807, 2.05) is 31.6 Å². The molecular formula is C19H18N4O4S. The lowest BCUT2D eigenvalue weighted by molar-refractivity contribution is -0.136. The van der Waals surface area contributed by atoms with Gasteiger partial charge >= 0.3 is 11.8 Å². The Labute approximate surface area is 165 Å². The first kappa shape index (κ1) is 18.1. The highest BCUT2D eigenvalue weighted by Crippen LogP contribution is 2.34. The van der Waals surface area contributed by atoms with Gasteiger partial charge in [0.05, 0.1) is 6.20 Å². The summed E-state index contributed by atoms with van der Waals surface area (Å²) < 4.78 is 12.2. The number of amides is 2. The average molecular weight is 398 g/mol. The van der Waals surface area contributed by atoms with Crippen LogP contribution in [0, 0.1) is 0 Å². The van der Waals surface area contributed by atoms with E-state index in [1.54, 1.807) is 34.2 Å². The highest BCUT2D eigenvalue weighted by atomic mass is 32.1. The van der Waals surface area contributed by atoms with Gasteiger partial charge in [0.15, 0.2) is 11.5 Å². The van der Waals surface area contributed by atoms with Gasteiger partial charge in [0, 0.05) is 46.9 Å². The molecule has 0 unspecified atom stereocenters. The number of rotatable bonds is 5. The van der Waals surface area contributed by atoms with E-state index in [9.17, 15) is 9.59 Å². The van der Waals surface area contributed by atoms with Crippen molar-refractivity contribution in [2.45, 2.75) is 6.42 Å². The Balaban J connectivity index is 1.26. The van der Waals surface area contributed by atoms with Crippen molar-refractivity contribution in [2.75, 3.05) is 18.7 Å². The number of nitrogens with zero attached hydrogens (tertiary/aromatic N) is 2. The summed E-state index contributed by atoms with van der Waals surface area (Å²) in [6.07, 6.45) is 4.42. The van der Waals surface area contributed by atoms with Crippen LogP contribution in [0.4, 0.5) is 5.69 Å². The molecule has 2 aromatic heterocycles. The molecule has 1 aromatic carbocycles. The second-order valence-corrected chi connectivity index (χ2v) is 7.37. The van der Waals surface area contributed by atoms with Crippen LogP contribution in [0.3, 0.4) is 0 Å². The molecule has 0 saturated carbocycles. The van der Waals surface area contributed by atoms with Gasteiger partial charge in [0.1, 0.15) is 0 Å². The number of benzene rings is 1. The predicted molar refractivity (Wildman–Crippen MR) is 104 cm³/mol. The maximum absolute atomic E-state index is 12.0. The third-order valence-corrected chi connectivity index (χ3v) is 5.34. The Kier molecular flexibility index (Phi) is 4.98. The Morgan fingerprint density at radius 1 is 1.18 bits per heavy atom. The Hall–Kier alpha value is -3.33. The van der Waals surface area contributed by atoms with Crippen molar-refractivity contribution in [3.63, 3.8) is 0 Å². The zero-order valence-corrected chi connectivity index (χ0v) is 15.9. The van der Waals surface area contributed by atoms with Gasteiger partial charge in [0.25, 0.3) is 0 Å². The number of carbonyl (C=O) groups excluding carboxylic acids is 2. The SMILES string of the molecule is Cn1cc(-c2ccc(CCNC(=O)C(=O)Nc3ccc4c(c3)OCO4)s2)cn1. The maximum Gasteiger partial charge on any atom is 0.313 e. The van der Waals surface area contributed by atoms with Crippen LogP contribution in [0.25, 0.3) is 10.4 Å². The summed E-state index contributed by atoms with van der Waals surface area (Å²) in [6.45, 7) is 0.527. The summed E-state index contributed by atoms with van der Waals surface area (Å²) in [5.74, 6) is -0.243. The predicted octanol–water partition coefficient (Wildman–Crippen LogP) is 2.17. The molecule has 2 amide bonds. The number of carbonyl (C=O) groups is 2. The van der Waals surface area contributed by atoms with E-state index in [-0.39, 0.29) is 6.79 Å². The monoisotopic (exact) mass is 398 g/mol. The van der Waals surface area contributed by atoms with Crippen molar-refractivity contribution in [1.82, 2.24) is 15.1 Å². The highest BCUT2D eigenvalue weighted by molar-refractivity contribution is 7.15. The normalized spacial score (nSPS) is 12.0. The fraction of sp³-hybridized carbons (Fsp3) is 0.211. The molecule has 0 bridgehead atoms. The third-order valence-electron chi connectivity index (χ3n) is 4.14. The zero-order chi connectivity index (χ0) is 19.5. The van der Waals surface area contributed by atoms with Crippen molar-refractivity contribution < 1.29 is 19.1 Å². The molecule has 0 fully saturated rings. The van der Waals surface area contributed by atoms with Gasteiger partial charge in [-0.3, -0.25) is 14.3 Å². The van der Waals surface area contributed by atoms with Crippen molar-refractivity contribution >= 4 is 28.8 Å². The number of hydrogen-bond acceptors (Lipinski definition) is 6. The zero-order valence-electron chi connectivity index (χ0n) is 15.1. The van der Waals surface area contributed by atoms with Gasteiger partial charge in [-0.25, -0.2) is 0 Å². The molecule has 9 heteroatoms. The van der Waals surface area contributed by atoms with E-state index in [4.69, 9.17) is 9.47 Å². The van der Waals surface area contributed by atoms with E-state index in [2.05, 4.69) is 15.7 Å². The lowest BCUT2D eigenvalue weighted by Crippen LogP contribution is -2.36. The van der Waals surface area contributed by atoms with Crippen LogP contribution in [-0.2, 0) is 23.1 Å². The van der Waals surface area contributed by atoms with Gasteiger partial charge in [-0.15, -0.1) is 11.3 Å². The Morgan fingerprint density at radius 2 is 2.04 bits per heavy atom. The highest BCUT2D eigenvalue weighted by Gasteiger charge is 2.17. The minimum atomic E-state index is -0.721. The summed E-state index contributed by atoms with van der Waals surface area (Å²) >= 11 is 1.64. The number of hydrogen-bond donors (Lipinski definition) is 2. The molecule has 144 valence electrons. The smallest absolute Gasteiger partial charge is 0.313 e. The molecule has 2 N–H and O–H groups in total. The molecule has 0 aliphatic carbocycles. The number of nitrogens with one attached hydrogen (secondary N) is 2. The van der Waals surface area contributed by atoms with Gasteiger partial charge in [0.2, 0.25) is 6.79 Å². The van der Waals surface area contributed by atoms with E-state index in [1.165, 1.54) is 0 Å². The van der Waals surface area contributed by atoms with E-state index >= 15 is 0 Å². The van der Waals surface area contributed by atoms with Crippen LogP contribution in [0.15, 0.2) is 42.7 Å². The molecule has 1 aliphatic heterocycles. The fourth-order valence-corrected chi connectivity index (χ4v) is 3.74. The van der Waals surface area contributed by atoms with Crippen LogP contribution < -0.4 is 20.1 Å². The maximum atomic E-state index is 12.0. The number of aryl methyl sites for hydroxylation is 1. The molecule has 3 aromatic rings. The van der Waals surface area contributed by atoms with Crippen molar-refractivity contribution in [3.05, 3.63) is 47.6 Å². The molecular weight excluding hydrogens is 380 g/mol. The molecule has 8 nitrogen and oxygen atoms in total. The van der Waals surface area contributed by atoms with Crippen LogP contribution in [0.1, 0.15) is 4.88 Å². The van der Waals surface area contributed by atoms with Crippen LogP contribution >= 0.6 is 11.3 Å². The number of ether oxygens (including phenoxy) is 2. The quantitative estimate of drug-likeness (QED) is 0.643. The molecule has 0 saturated heterocycles. The first-order valence-corrected chi connectivity index (χ1v) is 9.47. The number of aromatic nitrogens is 2. The largest absolute Gasteiger partial charge is 0.454 e. The van der Waals surface area contributed by atoms with Crippen LogP contribution in [0.5, 0.6) is 11.5 Å². The lowest BCUT2D eigenvalue weighted by atomic mass is 10.2. The van der Waals surface area contributed by atoms with Crippen LogP contribution in [-0.4, -0.2) is 34.9 Å². The summed E-state index contributed by atoms with van der Waals surface area (Å²) in [4.78, 5) is 26.3. The standard InChI is InChI=1S/C19H18N4O4S/c1-23-10-12(9-21-23)17-5-3-14(28-17)6-7-20-18(24)19(25)22-13-2-4-15-16(8-13)27-11-26-15/h2-5,8-10H,6-7,11H2,1H3,(H,20,24)(H,22,25). The molecule has 0 atom stereocenters. The van der Waals surface area contributed by atoms with Gasteiger partial charge < -0.3 is 20.1 Å². The summed E-state index contributed by atoms with van der Waals surface area (Å²) in [6, 6.07) is 9.02. The number of fused-ring (bicyclic) bond motifs is 1. The minimum absolute atomic E-state index is 0.151. The van der Waals surface area contributed by atoms with Gasteiger partial charge in [-0.05, 0) is 30.7 Å². The second-order valence-electron chi connectivity index (χ2n) is 6.20. The lowest BCUT2D eigenvalue weighted by Gasteiger charge is -2.07. The van der Waals surface area contributed by atoms with E-state index in [0.717, 1.165) is 15.3 Å². The van der Waals surface area contributed by atoms with E-state index < -0.39 is 11.8 Å². The van der Waals surface area contributed by atoms with Gasteiger partial charge in [-0.2, -0.15) is 5.10 Å². The minimum Gasteiger partial charge on any atom is -0.454 e. The fourth-order valence-electron chi connectivity index (χ4n) is 2.76.